The van der Waals surface area contributed by atoms with E-state index in [1.807, 2.05) is 43.3 Å². The molecule has 2 heterocycles. The van der Waals surface area contributed by atoms with Gasteiger partial charge in [0.15, 0.2) is 0 Å². The van der Waals surface area contributed by atoms with Crippen molar-refractivity contribution in [1.29, 1.82) is 0 Å². The third-order valence-electron chi connectivity index (χ3n) is 5.07. The summed E-state index contributed by atoms with van der Waals surface area (Å²) in [5, 5.41) is 3.69. The molecule has 0 saturated heterocycles. The number of rotatable bonds is 3. The highest BCUT2D eigenvalue weighted by molar-refractivity contribution is 6.30. The number of nitrogens with one attached hydrogen (secondary N) is 1. The van der Waals surface area contributed by atoms with Crippen molar-refractivity contribution in [2.75, 3.05) is 13.1 Å². The number of aromatic nitrogens is 1. The van der Waals surface area contributed by atoms with Gasteiger partial charge >= 0.3 is 0 Å². The van der Waals surface area contributed by atoms with Crippen LogP contribution in [0.5, 0.6) is 0 Å². The lowest BCUT2D eigenvalue weighted by Gasteiger charge is -2.19. The summed E-state index contributed by atoms with van der Waals surface area (Å²) in [4.78, 5) is 12.7. The Kier molecular flexibility index (Phi) is 5.16. The summed E-state index contributed by atoms with van der Waals surface area (Å²) in [6, 6.07) is 16.6. The molecule has 0 saturated carbocycles. The Hall–Kier alpha value is -2.69. The molecule has 0 amide bonds. The molecule has 0 aliphatic carbocycles. The van der Waals surface area contributed by atoms with Gasteiger partial charge in [-0.3, -0.25) is 9.36 Å². The van der Waals surface area contributed by atoms with Gasteiger partial charge in [-0.2, -0.15) is 0 Å². The molecule has 0 radical (unpaired) electrons. The summed E-state index contributed by atoms with van der Waals surface area (Å²) in [7, 11) is 0. The first-order chi connectivity index (χ1) is 13.5. The molecule has 0 fully saturated rings. The molecule has 3 nitrogen and oxygen atoms in total. The number of pyridine rings is 1. The van der Waals surface area contributed by atoms with Gasteiger partial charge in [0.05, 0.1) is 0 Å². The standard InChI is InChI=1S/C23H20ClFN2O/c1-15-12-19(6-7-20(15)21-8-10-26-14-22(21)25)27-11-9-17(13-23(27)28)16-2-4-18(24)5-3-16/h2-7,9,11-13,26H,8,10,14H2,1H3. The van der Waals surface area contributed by atoms with E-state index in [4.69, 9.17) is 11.6 Å². The van der Waals surface area contributed by atoms with Crippen LogP contribution in [0.2, 0.25) is 5.02 Å². The quantitative estimate of drug-likeness (QED) is 0.667. The lowest BCUT2D eigenvalue weighted by atomic mass is 9.95. The van der Waals surface area contributed by atoms with E-state index in [2.05, 4.69) is 5.32 Å². The van der Waals surface area contributed by atoms with Crippen molar-refractivity contribution >= 4 is 17.2 Å². The molecule has 5 heteroatoms. The van der Waals surface area contributed by atoms with E-state index in [0.717, 1.165) is 40.1 Å². The van der Waals surface area contributed by atoms with E-state index >= 15 is 0 Å². The molecular formula is C23H20ClFN2O. The Balaban J connectivity index is 1.69. The Morgan fingerprint density at radius 2 is 1.82 bits per heavy atom. The second kappa shape index (κ2) is 7.74. The van der Waals surface area contributed by atoms with Crippen molar-refractivity contribution < 1.29 is 4.39 Å². The molecule has 3 aromatic rings. The highest BCUT2D eigenvalue weighted by Gasteiger charge is 2.16. The zero-order chi connectivity index (χ0) is 19.7. The van der Waals surface area contributed by atoms with Gasteiger partial charge in [-0.25, -0.2) is 4.39 Å². The molecule has 1 aromatic heterocycles. The van der Waals surface area contributed by atoms with Crippen LogP contribution in [-0.2, 0) is 0 Å². The highest BCUT2D eigenvalue weighted by atomic mass is 35.5. The molecule has 142 valence electrons. The van der Waals surface area contributed by atoms with E-state index < -0.39 is 0 Å². The lowest BCUT2D eigenvalue weighted by Crippen LogP contribution is -2.23. The summed E-state index contributed by atoms with van der Waals surface area (Å²) < 4.78 is 15.8. The van der Waals surface area contributed by atoms with Gasteiger partial charge in [0.25, 0.3) is 5.56 Å². The maximum absolute atomic E-state index is 14.2. The molecule has 1 N–H and O–H groups in total. The van der Waals surface area contributed by atoms with E-state index in [0.29, 0.717) is 11.4 Å². The zero-order valence-electron chi connectivity index (χ0n) is 15.5. The largest absolute Gasteiger partial charge is 0.310 e. The minimum atomic E-state index is -0.119. The summed E-state index contributed by atoms with van der Waals surface area (Å²) in [6.45, 7) is 3.01. The summed E-state index contributed by atoms with van der Waals surface area (Å²) in [5.74, 6) is -0.105. The first-order valence-corrected chi connectivity index (χ1v) is 9.59. The minimum Gasteiger partial charge on any atom is -0.310 e. The molecule has 28 heavy (non-hydrogen) atoms. The van der Waals surface area contributed by atoms with Crippen LogP contribution in [0.25, 0.3) is 22.4 Å². The predicted molar refractivity (Wildman–Crippen MR) is 113 cm³/mol. The van der Waals surface area contributed by atoms with Gasteiger partial charge in [0.2, 0.25) is 0 Å². The average Bonchev–Trinajstić information content (AvgIpc) is 2.69. The van der Waals surface area contributed by atoms with Crippen LogP contribution >= 0.6 is 11.6 Å². The fraction of sp³-hybridized carbons (Fsp3) is 0.174. The summed E-state index contributed by atoms with van der Waals surface area (Å²) in [6.07, 6.45) is 2.44. The van der Waals surface area contributed by atoms with Crippen LogP contribution in [0.3, 0.4) is 0 Å². The highest BCUT2D eigenvalue weighted by Crippen LogP contribution is 2.29. The van der Waals surface area contributed by atoms with Gasteiger partial charge in [0.1, 0.15) is 5.83 Å². The van der Waals surface area contributed by atoms with E-state index in [9.17, 15) is 9.18 Å². The van der Waals surface area contributed by atoms with E-state index in [1.165, 1.54) is 0 Å². The maximum atomic E-state index is 14.2. The van der Waals surface area contributed by atoms with Gasteiger partial charge in [-0.1, -0.05) is 29.8 Å². The topological polar surface area (TPSA) is 34.0 Å². The molecule has 0 unspecified atom stereocenters. The Labute approximate surface area is 168 Å². The van der Waals surface area contributed by atoms with Gasteiger partial charge in [-0.15, -0.1) is 0 Å². The predicted octanol–water partition coefficient (Wildman–Crippen LogP) is 5.14. The lowest BCUT2D eigenvalue weighted by molar-refractivity contribution is 0.551. The van der Waals surface area contributed by atoms with E-state index in [-0.39, 0.29) is 17.9 Å². The number of nitrogens with zero attached hydrogens (tertiary/aromatic N) is 1. The number of aryl methyl sites for hydroxylation is 1. The average molecular weight is 395 g/mol. The van der Waals surface area contributed by atoms with Crippen LogP contribution < -0.4 is 10.9 Å². The molecule has 0 atom stereocenters. The zero-order valence-corrected chi connectivity index (χ0v) is 16.3. The Morgan fingerprint density at radius 3 is 2.50 bits per heavy atom. The normalized spacial score (nSPS) is 14.4. The maximum Gasteiger partial charge on any atom is 0.255 e. The van der Waals surface area contributed by atoms with Crippen LogP contribution in [0.1, 0.15) is 17.5 Å². The number of hydrogen-bond donors (Lipinski definition) is 1. The number of hydrogen-bond acceptors (Lipinski definition) is 2. The number of benzene rings is 2. The van der Waals surface area contributed by atoms with Crippen LogP contribution in [0.4, 0.5) is 4.39 Å². The third-order valence-corrected chi connectivity index (χ3v) is 5.32. The van der Waals surface area contributed by atoms with Crippen LogP contribution in [0.15, 0.2) is 71.4 Å². The van der Waals surface area contributed by atoms with Crippen molar-refractivity contribution in [2.24, 2.45) is 0 Å². The molecule has 0 bridgehead atoms. The summed E-state index contributed by atoms with van der Waals surface area (Å²) in [5.41, 5.74) is 5.05. The Bertz CT molecular complexity index is 1120. The summed E-state index contributed by atoms with van der Waals surface area (Å²) >= 11 is 5.93. The van der Waals surface area contributed by atoms with Crippen molar-refractivity contribution in [2.45, 2.75) is 13.3 Å². The van der Waals surface area contributed by atoms with E-state index in [1.54, 1.807) is 29.0 Å². The van der Waals surface area contributed by atoms with Crippen molar-refractivity contribution in [3.8, 4) is 16.8 Å². The smallest absolute Gasteiger partial charge is 0.255 e. The molecule has 4 rings (SSSR count). The second-order valence-electron chi connectivity index (χ2n) is 6.94. The van der Waals surface area contributed by atoms with Crippen molar-refractivity contribution in [1.82, 2.24) is 9.88 Å². The first kappa shape index (κ1) is 18.7. The Morgan fingerprint density at radius 1 is 1.04 bits per heavy atom. The van der Waals surface area contributed by atoms with Crippen LogP contribution in [-0.4, -0.2) is 17.7 Å². The first-order valence-electron chi connectivity index (χ1n) is 9.21. The molecular weight excluding hydrogens is 375 g/mol. The monoisotopic (exact) mass is 394 g/mol. The SMILES string of the molecule is Cc1cc(-n2ccc(-c3ccc(Cl)cc3)cc2=O)ccc1C1=C(F)CNCC1. The van der Waals surface area contributed by atoms with Crippen LogP contribution in [0, 0.1) is 6.92 Å². The van der Waals surface area contributed by atoms with Gasteiger partial charge in [-0.05, 0) is 78.0 Å². The van der Waals surface area contributed by atoms with Crippen molar-refractivity contribution in [3.63, 3.8) is 0 Å². The van der Waals surface area contributed by atoms with Gasteiger partial charge in [0, 0.05) is 29.5 Å². The fourth-order valence-electron chi connectivity index (χ4n) is 3.59. The number of halogens is 2. The second-order valence-corrected chi connectivity index (χ2v) is 7.38. The molecule has 1 aliphatic heterocycles. The fourth-order valence-corrected chi connectivity index (χ4v) is 3.71. The molecule has 1 aliphatic rings. The minimum absolute atomic E-state index is 0.105. The third kappa shape index (κ3) is 3.66. The molecule has 0 spiro atoms. The van der Waals surface area contributed by atoms with Gasteiger partial charge < -0.3 is 5.32 Å². The van der Waals surface area contributed by atoms with Crippen molar-refractivity contribution in [3.05, 3.63) is 93.1 Å². The molecule has 2 aromatic carbocycles.